The second-order valence-electron chi connectivity index (χ2n) is 8.71. The molecule has 5 heteroatoms. The van der Waals surface area contributed by atoms with Gasteiger partial charge in [0.15, 0.2) is 0 Å². The number of phenols is 1. The summed E-state index contributed by atoms with van der Waals surface area (Å²) in [5.41, 5.74) is 7.42. The van der Waals surface area contributed by atoms with Crippen molar-refractivity contribution in [2.75, 3.05) is 0 Å². The summed E-state index contributed by atoms with van der Waals surface area (Å²) >= 11 is 1.59. The Kier molecular flexibility index (Phi) is 4.32. The first-order valence-electron chi connectivity index (χ1n) is 11.4. The van der Waals surface area contributed by atoms with Gasteiger partial charge < -0.3 is 9.84 Å². The molecule has 0 unspecified atom stereocenters. The lowest BCUT2D eigenvalue weighted by Gasteiger charge is -2.10. The summed E-state index contributed by atoms with van der Waals surface area (Å²) in [5.74, 6) is 0.959. The highest BCUT2D eigenvalue weighted by atomic mass is 32.1. The van der Waals surface area contributed by atoms with Crippen molar-refractivity contribution in [3.8, 4) is 27.4 Å². The summed E-state index contributed by atoms with van der Waals surface area (Å²) in [5, 5.41) is 11.1. The zero-order valence-electron chi connectivity index (χ0n) is 18.2. The molecule has 5 aromatic rings. The van der Waals surface area contributed by atoms with Crippen molar-refractivity contribution < 1.29 is 9.84 Å². The first-order valence-corrected chi connectivity index (χ1v) is 12.2. The van der Waals surface area contributed by atoms with Gasteiger partial charge in [0.1, 0.15) is 22.9 Å². The van der Waals surface area contributed by atoms with Crippen molar-refractivity contribution in [2.45, 2.75) is 18.6 Å². The van der Waals surface area contributed by atoms with Crippen molar-refractivity contribution in [2.24, 2.45) is 4.99 Å². The third kappa shape index (κ3) is 3.05. The molecule has 1 N–H and O–H groups in total. The molecule has 2 atom stereocenters. The third-order valence-electron chi connectivity index (χ3n) is 6.64. The number of ether oxygens (including phenoxy) is 1. The number of fused-ring (bicyclic) bond motifs is 4. The van der Waals surface area contributed by atoms with E-state index in [0.29, 0.717) is 5.90 Å². The van der Waals surface area contributed by atoms with Crippen LogP contribution in [0.4, 0.5) is 0 Å². The number of benzene rings is 4. The molecule has 2 aliphatic rings. The standard InChI is InChI=1S/C29H20N2O2S/c32-23-13-4-3-11-22(23)29-31-27-21(12-6-14-25(27)34-29)17-8-5-9-19(15-17)28-30-26-20-10-2-1-7-18(20)16-24(26)33-28/h1-15,24,26,32H,16H2/t24-,26+/m1/s1. The number of para-hydroxylation sites is 2. The maximum atomic E-state index is 10.3. The predicted molar refractivity (Wildman–Crippen MR) is 136 cm³/mol. The van der Waals surface area contributed by atoms with Gasteiger partial charge >= 0.3 is 0 Å². The highest BCUT2D eigenvalue weighted by Crippen LogP contribution is 2.42. The van der Waals surface area contributed by atoms with Crippen molar-refractivity contribution >= 4 is 27.5 Å². The lowest BCUT2D eigenvalue weighted by Crippen LogP contribution is -2.13. The molecule has 4 aromatic carbocycles. The van der Waals surface area contributed by atoms with E-state index in [1.807, 2.05) is 24.3 Å². The van der Waals surface area contributed by atoms with Crippen LogP contribution in [0.15, 0.2) is 96.0 Å². The minimum atomic E-state index is 0.0814. The largest absolute Gasteiger partial charge is 0.507 e. The molecule has 1 aliphatic carbocycles. The highest BCUT2D eigenvalue weighted by Gasteiger charge is 2.39. The van der Waals surface area contributed by atoms with Crippen LogP contribution in [-0.2, 0) is 11.2 Å². The molecule has 0 radical (unpaired) electrons. The Morgan fingerprint density at radius 3 is 2.56 bits per heavy atom. The lowest BCUT2D eigenvalue weighted by atomic mass is 10.0. The maximum absolute atomic E-state index is 10.3. The van der Waals surface area contributed by atoms with Crippen LogP contribution < -0.4 is 0 Å². The first kappa shape index (κ1) is 19.5. The van der Waals surface area contributed by atoms with Crippen molar-refractivity contribution in [1.29, 1.82) is 0 Å². The van der Waals surface area contributed by atoms with Crippen molar-refractivity contribution in [3.63, 3.8) is 0 Å². The van der Waals surface area contributed by atoms with E-state index in [9.17, 15) is 5.11 Å². The summed E-state index contributed by atoms with van der Waals surface area (Å²) in [6.07, 6.45) is 0.986. The Morgan fingerprint density at radius 1 is 0.824 bits per heavy atom. The number of rotatable bonds is 3. The average molecular weight is 461 g/mol. The molecule has 164 valence electrons. The Balaban J connectivity index is 1.28. The molecule has 0 amide bonds. The third-order valence-corrected chi connectivity index (χ3v) is 7.69. The topological polar surface area (TPSA) is 54.7 Å². The zero-order chi connectivity index (χ0) is 22.6. The highest BCUT2D eigenvalue weighted by molar-refractivity contribution is 7.21. The van der Waals surface area contributed by atoms with Crippen LogP contribution in [0.1, 0.15) is 22.7 Å². The van der Waals surface area contributed by atoms with E-state index in [-0.39, 0.29) is 17.9 Å². The maximum Gasteiger partial charge on any atom is 0.217 e. The summed E-state index contributed by atoms with van der Waals surface area (Å²) in [4.78, 5) is 9.88. The van der Waals surface area contributed by atoms with Crippen molar-refractivity contribution in [3.05, 3.63) is 108 Å². The van der Waals surface area contributed by atoms with Crippen LogP contribution in [0.3, 0.4) is 0 Å². The number of aromatic nitrogens is 1. The molecule has 0 bridgehead atoms. The fourth-order valence-electron chi connectivity index (χ4n) is 5.01. The van der Waals surface area contributed by atoms with Gasteiger partial charge in [-0.25, -0.2) is 9.98 Å². The number of thiazole rings is 1. The van der Waals surface area contributed by atoms with E-state index < -0.39 is 0 Å². The fourth-order valence-corrected chi connectivity index (χ4v) is 6.04. The van der Waals surface area contributed by atoms with E-state index in [1.54, 1.807) is 17.4 Å². The molecule has 4 nitrogen and oxygen atoms in total. The number of hydrogen-bond donors (Lipinski definition) is 1. The predicted octanol–water partition coefficient (Wildman–Crippen LogP) is 6.78. The Morgan fingerprint density at radius 2 is 1.62 bits per heavy atom. The summed E-state index contributed by atoms with van der Waals surface area (Å²) in [7, 11) is 0. The van der Waals surface area contributed by atoms with Gasteiger partial charge in [0.2, 0.25) is 5.90 Å². The normalized spacial score (nSPS) is 18.4. The number of nitrogens with zero attached hydrogens (tertiary/aromatic N) is 2. The molecule has 0 saturated heterocycles. The van der Waals surface area contributed by atoms with Gasteiger partial charge in [0.25, 0.3) is 0 Å². The number of aromatic hydroxyl groups is 1. The minimum Gasteiger partial charge on any atom is -0.507 e. The lowest BCUT2D eigenvalue weighted by molar-refractivity contribution is 0.206. The Bertz CT molecular complexity index is 1600. The summed E-state index contributed by atoms with van der Waals surface area (Å²) in [6.45, 7) is 0. The molecule has 34 heavy (non-hydrogen) atoms. The monoisotopic (exact) mass is 460 g/mol. The fraction of sp³-hybridized carbons (Fsp3) is 0.103. The van der Waals surface area contributed by atoms with E-state index in [1.165, 1.54) is 11.1 Å². The molecular formula is C29H20N2O2S. The number of phenolic OH excluding ortho intramolecular Hbond substituents is 1. The zero-order valence-corrected chi connectivity index (χ0v) is 19.0. The van der Waals surface area contributed by atoms with Gasteiger partial charge in [-0.2, -0.15) is 0 Å². The van der Waals surface area contributed by atoms with E-state index in [2.05, 4.69) is 60.7 Å². The van der Waals surface area contributed by atoms with E-state index in [0.717, 1.165) is 43.9 Å². The van der Waals surface area contributed by atoms with Gasteiger partial charge in [-0.3, -0.25) is 0 Å². The molecular weight excluding hydrogens is 440 g/mol. The Labute approximate surface area is 200 Å². The van der Waals surface area contributed by atoms with Gasteiger partial charge in [0.05, 0.1) is 15.8 Å². The molecule has 7 rings (SSSR count). The van der Waals surface area contributed by atoms with Gasteiger partial charge in [-0.05, 0) is 47.0 Å². The van der Waals surface area contributed by atoms with Gasteiger partial charge in [-0.15, -0.1) is 11.3 Å². The second kappa shape index (κ2) is 7.54. The van der Waals surface area contributed by atoms with Crippen LogP contribution in [0, 0.1) is 0 Å². The molecule has 0 spiro atoms. The SMILES string of the molecule is Oc1ccccc1-c1nc2c(-c3cccc(C4=N[C@H]5c6ccccc6C[C@H]5O4)c3)cccc2s1. The molecule has 0 fully saturated rings. The second-order valence-corrected chi connectivity index (χ2v) is 9.74. The number of hydrogen-bond acceptors (Lipinski definition) is 5. The van der Waals surface area contributed by atoms with Gasteiger partial charge in [0, 0.05) is 17.5 Å². The van der Waals surface area contributed by atoms with Crippen LogP contribution in [0.25, 0.3) is 31.9 Å². The summed E-state index contributed by atoms with van der Waals surface area (Å²) < 4.78 is 7.40. The first-order chi connectivity index (χ1) is 16.7. The van der Waals surface area contributed by atoms with Gasteiger partial charge in [-0.1, -0.05) is 60.7 Å². The van der Waals surface area contributed by atoms with Crippen LogP contribution >= 0.6 is 11.3 Å². The Hall–Kier alpha value is -3.96. The van der Waals surface area contributed by atoms with Crippen molar-refractivity contribution in [1.82, 2.24) is 4.98 Å². The van der Waals surface area contributed by atoms with Crippen LogP contribution in [-0.4, -0.2) is 22.1 Å². The quantitative estimate of drug-likeness (QED) is 0.323. The molecule has 1 aromatic heterocycles. The summed E-state index contributed by atoms with van der Waals surface area (Å²) in [6, 6.07) is 30.5. The minimum absolute atomic E-state index is 0.0814. The van der Waals surface area contributed by atoms with E-state index >= 15 is 0 Å². The molecule has 2 heterocycles. The van der Waals surface area contributed by atoms with Crippen LogP contribution in [0.2, 0.25) is 0 Å². The number of aliphatic imine (C=N–C) groups is 1. The molecule has 1 aliphatic heterocycles. The van der Waals surface area contributed by atoms with Crippen LogP contribution in [0.5, 0.6) is 5.75 Å². The smallest absolute Gasteiger partial charge is 0.217 e. The average Bonchev–Trinajstić information content (AvgIpc) is 3.57. The van der Waals surface area contributed by atoms with E-state index in [4.69, 9.17) is 14.7 Å². The molecule has 0 saturated carbocycles.